The molecule has 1 aromatic rings. The summed E-state index contributed by atoms with van der Waals surface area (Å²) in [4.78, 5) is 2.42. The third-order valence-electron chi connectivity index (χ3n) is 3.72. The van der Waals surface area contributed by atoms with E-state index < -0.39 is 0 Å². The van der Waals surface area contributed by atoms with Crippen LogP contribution in [0.25, 0.3) is 0 Å². The molecule has 20 heavy (non-hydrogen) atoms. The van der Waals surface area contributed by atoms with E-state index in [9.17, 15) is 0 Å². The molecule has 1 unspecified atom stereocenters. The first-order valence-corrected chi connectivity index (χ1v) is 7.60. The van der Waals surface area contributed by atoms with Gasteiger partial charge in [0.25, 0.3) is 0 Å². The van der Waals surface area contributed by atoms with Gasteiger partial charge in [0.1, 0.15) is 0 Å². The van der Waals surface area contributed by atoms with E-state index >= 15 is 0 Å². The summed E-state index contributed by atoms with van der Waals surface area (Å²) in [5.41, 5.74) is 1.22. The molecule has 0 aliphatic carbocycles. The van der Waals surface area contributed by atoms with Gasteiger partial charge < -0.3 is 19.7 Å². The molecule has 1 N–H and O–H groups in total. The number of hydrogen-bond donors (Lipinski definition) is 1. The first kappa shape index (κ1) is 15.0. The molecule has 0 aromatic heterocycles. The Kier molecular flexibility index (Phi) is 5.53. The topological polar surface area (TPSA) is 33.7 Å². The predicted octanol–water partition coefficient (Wildman–Crippen LogP) is 2.67. The standard InChI is InChI=1S/C16H26N2O2/c1-4-19-15-9-8-14(11-16(15)20-5-2)18-10-6-7-13(12-18)17-3/h8-9,11,13,17H,4-7,10,12H2,1-3H3. The van der Waals surface area contributed by atoms with Gasteiger partial charge in [-0.15, -0.1) is 0 Å². The average Bonchev–Trinajstić information content (AvgIpc) is 2.49. The molecule has 1 aromatic carbocycles. The van der Waals surface area contributed by atoms with E-state index in [-0.39, 0.29) is 0 Å². The average molecular weight is 278 g/mol. The van der Waals surface area contributed by atoms with Crippen LogP contribution in [-0.2, 0) is 0 Å². The van der Waals surface area contributed by atoms with E-state index in [1.807, 2.05) is 27.0 Å². The van der Waals surface area contributed by atoms with Gasteiger partial charge in [0.15, 0.2) is 11.5 Å². The second-order valence-corrected chi connectivity index (χ2v) is 5.07. The van der Waals surface area contributed by atoms with Crippen LogP contribution in [0.1, 0.15) is 26.7 Å². The SMILES string of the molecule is CCOc1ccc(N2CCCC(NC)C2)cc1OCC. The van der Waals surface area contributed by atoms with Gasteiger partial charge in [0.05, 0.1) is 13.2 Å². The van der Waals surface area contributed by atoms with Gasteiger partial charge in [0, 0.05) is 30.9 Å². The van der Waals surface area contributed by atoms with Gasteiger partial charge in [-0.05, 0) is 45.9 Å². The van der Waals surface area contributed by atoms with Crippen molar-refractivity contribution in [1.82, 2.24) is 5.32 Å². The van der Waals surface area contributed by atoms with Crippen molar-refractivity contribution in [3.63, 3.8) is 0 Å². The van der Waals surface area contributed by atoms with Crippen LogP contribution >= 0.6 is 0 Å². The summed E-state index contributed by atoms with van der Waals surface area (Å²) in [7, 11) is 2.04. The third-order valence-corrected chi connectivity index (χ3v) is 3.72. The van der Waals surface area contributed by atoms with E-state index in [2.05, 4.69) is 22.3 Å². The van der Waals surface area contributed by atoms with E-state index in [1.165, 1.54) is 18.5 Å². The number of anilines is 1. The number of nitrogens with zero attached hydrogens (tertiary/aromatic N) is 1. The molecule has 4 nitrogen and oxygen atoms in total. The Morgan fingerprint density at radius 1 is 1.20 bits per heavy atom. The number of nitrogens with one attached hydrogen (secondary N) is 1. The molecule has 0 spiro atoms. The lowest BCUT2D eigenvalue weighted by Gasteiger charge is -2.34. The summed E-state index contributed by atoms with van der Waals surface area (Å²) in [6, 6.07) is 6.83. The highest BCUT2D eigenvalue weighted by atomic mass is 16.5. The van der Waals surface area contributed by atoms with Gasteiger partial charge in [-0.2, -0.15) is 0 Å². The number of likely N-dealkylation sites (N-methyl/N-ethyl adjacent to an activating group) is 1. The summed E-state index contributed by atoms with van der Waals surface area (Å²) in [5.74, 6) is 1.68. The number of benzene rings is 1. The Labute approximate surface area is 122 Å². The lowest BCUT2D eigenvalue weighted by molar-refractivity contribution is 0.287. The van der Waals surface area contributed by atoms with Crippen LogP contribution in [0.2, 0.25) is 0 Å². The fourth-order valence-corrected chi connectivity index (χ4v) is 2.68. The maximum atomic E-state index is 5.71. The summed E-state index contributed by atoms with van der Waals surface area (Å²) in [5, 5.41) is 3.38. The maximum Gasteiger partial charge on any atom is 0.163 e. The third kappa shape index (κ3) is 3.57. The highest BCUT2D eigenvalue weighted by Crippen LogP contribution is 2.33. The second kappa shape index (κ2) is 7.39. The molecule has 1 heterocycles. The van der Waals surface area contributed by atoms with Crippen LogP contribution in [0.3, 0.4) is 0 Å². The van der Waals surface area contributed by atoms with E-state index in [0.717, 1.165) is 24.6 Å². The minimum Gasteiger partial charge on any atom is -0.490 e. The zero-order valence-corrected chi connectivity index (χ0v) is 12.8. The highest BCUT2D eigenvalue weighted by Gasteiger charge is 2.19. The normalized spacial score (nSPS) is 18.9. The fraction of sp³-hybridized carbons (Fsp3) is 0.625. The Balaban J connectivity index is 2.16. The van der Waals surface area contributed by atoms with Gasteiger partial charge >= 0.3 is 0 Å². The molecule has 0 amide bonds. The molecule has 2 rings (SSSR count). The molecule has 1 aliphatic rings. The maximum absolute atomic E-state index is 5.71. The highest BCUT2D eigenvalue weighted by molar-refractivity contribution is 5.56. The van der Waals surface area contributed by atoms with Gasteiger partial charge in [-0.25, -0.2) is 0 Å². The first-order valence-electron chi connectivity index (χ1n) is 7.60. The number of hydrogen-bond acceptors (Lipinski definition) is 4. The second-order valence-electron chi connectivity index (χ2n) is 5.07. The molecule has 0 radical (unpaired) electrons. The quantitative estimate of drug-likeness (QED) is 0.867. The van der Waals surface area contributed by atoms with Gasteiger partial charge in [-0.1, -0.05) is 0 Å². The zero-order valence-electron chi connectivity index (χ0n) is 12.8. The molecule has 0 bridgehead atoms. The summed E-state index contributed by atoms with van der Waals surface area (Å²) in [6.45, 7) is 7.47. The molecule has 1 saturated heterocycles. The van der Waals surface area contributed by atoms with Gasteiger partial charge in [0.2, 0.25) is 0 Å². The van der Waals surface area contributed by atoms with Crippen molar-refractivity contribution in [2.45, 2.75) is 32.7 Å². The van der Waals surface area contributed by atoms with Crippen LogP contribution in [-0.4, -0.2) is 39.4 Å². The van der Waals surface area contributed by atoms with Crippen molar-refractivity contribution < 1.29 is 9.47 Å². The van der Waals surface area contributed by atoms with E-state index in [0.29, 0.717) is 19.3 Å². The van der Waals surface area contributed by atoms with Crippen molar-refractivity contribution in [3.05, 3.63) is 18.2 Å². The molecular weight excluding hydrogens is 252 g/mol. The van der Waals surface area contributed by atoms with Crippen LogP contribution in [0.4, 0.5) is 5.69 Å². The Bertz CT molecular complexity index is 423. The predicted molar refractivity (Wildman–Crippen MR) is 83.1 cm³/mol. The Hall–Kier alpha value is -1.42. The van der Waals surface area contributed by atoms with E-state index in [4.69, 9.17) is 9.47 Å². The molecule has 1 atom stereocenters. The van der Waals surface area contributed by atoms with Crippen molar-refractivity contribution in [2.24, 2.45) is 0 Å². The van der Waals surface area contributed by atoms with Crippen LogP contribution in [0.5, 0.6) is 11.5 Å². The summed E-state index contributed by atoms with van der Waals surface area (Å²) < 4.78 is 11.3. The van der Waals surface area contributed by atoms with Gasteiger partial charge in [-0.3, -0.25) is 0 Å². The smallest absolute Gasteiger partial charge is 0.163 e. The fourth-order valence-electron chi connectivity index (χ4n) is 2.68. The lowest BCUT2D eigenvalue weighted by atomic mass is 10.1. The largest absolute Gasteiger partial charge is 0.490 e. The van der Waals surface area contributed by atoms with Crippen LogP contribution in [0, 0.1) is 0 Å². The zero-order chi connectivity index (χ0) is 14.4. The van der Waals surface area contributed by atoms with E-state index in [1.54, 1.807) is 0 Å². The summed E-state index contributed by atoms with van der Waals surface area (Å²) in [6.07, 6.45) is 2.48. The molecule has 4 heteroatoms. The molecule has 1 aliphatic heterocycles. The molecule has 1 fully saturated rings. The van der Waals surface area contributed by atoms with Crippen molar-refractivity contribution in [2.75, 3.05) is 38.3 Å². The monoisotopic (exact) mass is 278 g/mol. The lowest BCUT2D eigenvalue weighted by Crippen LogP contribution is -2.44. The molecule has 0 saturated carbocycles. The van der Waals surface area contributed by atoms with Crippen molar-refractivity contribution in [1.29, 1.82) is 0 Å². The number of rotatable bonds is 6. The van der Waals surface area contributed by atoms with Crippen molar-refractivity contribution in [3.8, 4) is 11.5 Å². The minimum atomic E-state index is 0.575. The summed E-state index contributed by atoms with van der Waals surface area (Å²) >= 11 is 0. The molecular formula is C16H26N2O2. The Morgan fingerprint density at radius 2 is 1.95 bits per heavy atom. The first-order chi connectivity index (χ1) is 9.78. The number of ether oxygens (including phenoxy) is 2. The van der Waals surface area contributed by atoms with Crippen molar-refractivity contribution >= 4 is 5.69 Å². The minimum absolute atomic E-state index is 0.575. The van der Waals surface area contributed by atoms with Crippen LogP contribution in [0.15, 0.2) is 18.2 Å². The molecule has 112 valence electrons. The number of piperidine rings is 1. The van der Waals surface area contributed by atoms with Crippen LogP contribution < -0.4 is 19.7 Å². The Morgan fingerprint density at radius 3 is 2.65 bits per heavy atom.